The van der Waals surface area contributed by atoms with E-state index >= 15 is 9.59 Å². The zero-order valence-corrected chi connectivity index (χ0v) is 77.9. The second kappa shape index (κ2) is 37.8. The Kier molecular flexibility index (Phi) is 25.7. The quantitative estimate of drug-likeness (QED) is 0.0471. The van der Waals surface area contributed by atoms with Crippen LogP contribution in [0.15, 0.2) is 109 Å². The number of pyridine rings is 4. The Hall–Kier alpha value is -10.1. The molecule has 4 aliphatic carbocycles. The Morgan fingerprint density at radius 2 is 0.930 bits per heavy atom. The normalized spacial score (nSPS) is 28.6. The number of benzene rings is 2. The Bertz CT molecular complexity index is 5400. The highest BCUT2D eigenvalue weighted by Gasteiger charge is 2.65. The van der Waals surface area contributed by atoms with E-state index in [1.807, 2.05) is 114 Å². The van der Waals surface area contributed by atoms with E-state index in [0.29, 0.717) is 108 Å². The molecule has 8 heterocycles. The summed E-state index contributed by atoms with van der Waals surface area (Å²) in [5.41, 5.74) is -4.01. The molecular weight excluding hydrogens is 1670 g/mol. The summed E-state index contributed by atoms with van der Waals surface area (Å²) in [7, 11) is -4.93. The van der Waals surface area contributed by atoms with Crippen LogP contribution in [0.25, 0.3) is 44.1 Å². The van der Waals surface area contributed by atoms with Gasteiger partial charge in [-0.2, -0.15) is 0 Å². The average Bonchev–Trinajstić information content (AvgIpc) is 1.57. The Labute approximate surface area is 761 Å². The van der Waals surface area contributed by atoms with Gasteiger partial charge in [0, 0.05) is 80.3 Å². The van der Waals surface area contributed by atoms with Crippen molar-refractivity contribution < 1.29 is 101 Å². The van der Waals surface area contributed by atoms with Crippen molar-refractivity contribution in [2.45, 2.75) is 283 Å². The first-order chi connectivity index (χ1) is 62.7. The number of nitrogens with zero attached hydrogens (tertiary/aromatic N) is 6. The molecule has 6 aromatic rings. The smallest absolute Gasteiger partial charge is 0.307 e. The number of esters is 2. The van der Waals surface area contributed by atoms with E-state index in [9.17, 15) is 45.6 Å². The number of carbonyl (C=O) groups is 8. The monoisotopic (exact) mass is 1810 g/mol. The maximum atomic E-state index is 15.2. The molecule has 4 aliphatic heterocycles. The number of ether oxygens (including phenoxy) is 8. The lowest BCUT2D eigenvalue weighted by atomic mass is 9.82. The molecule has 692 valence electrons. The van der Waals surface area contributed by atoms with E-state index in [1.165, 1.54) is 37.5 Å². The fourth-order valence-corrected chi connectivity index (χ4v) is 21.0. The zero-order valence-electron chi connectivity index (χ0n) is 82.3. The number of hydrogen-bond donors (Lipinski definition) is 2. The van der Waals surface area contributed by atoms with Crippen molar-refractivity contribution in [1.82, 2.24) is 39.2 Å². The minimum absolute atomic E-state index is 0.000469. The number of Topliss-reactive ketones (excluding diaryl/α,β-unsaturated/α-hetero) is 2. The highest BCUT2D eigenvalue weighted by molar-refractivity contribution is 7.92. The van der Waals surface area contributed by atoms with Crippen LogP contribution >= 0.6 is 0 Å². The van der Waals surface area contributed by atoms with Crippen LogP contribution in [-0.4, -0.2) is 178 Å². The molecule has 2 aromatic carbocycles. The number of ketones is 2. The van der Waals surface area contributed by atoms with Crippen molar-refractivity contribution in [2.24, 2.45) is 58.2 Å². The van der Waals surface area contributed by atoms with Crippen LogP contribution in [0.1, 0.15) is 234 Å². The highest BCUT2D eigenvalue weighted by Crippen LogP contribution is 2.60. The summed E-state index contributed by atoms with van der Waals surface area (Å²) in [6, 6.07) is 19.5. The van der Waals surface area contributed by atoms with Gasteiger partial charge in [0.05, 0.1) is 108 Å². The van der Waals surface area contributed by atoms with Gasteiger partial charge in [0.25, 0.3) is 0 Å². The van der Waals surface area contributed by atoms with Crippen LogP contribution in [0, 0.1) is 58.2 Å². The number of hydrogen-bond acceptors (Lipinski definition) is 24. The molecule has 14 rings (SSSR count). The van der Waals surface area contributed by atoms with E-state index < -0.39 is 185 Å². The number of carbonyl (C=O) groups excluding carboxylic acids is 8. The van der Waals surface area contributed by atoms with Gasteiger partial charge in [-0.05, 0) is 267 Å². The minimum Gasteiger partial charge on any atom is -0.497 e. The first kappa shape index (κ1) is 87.2. The Morgan fingerprint density at radius 3 is 1.27 bits per heavy atom. The molecule has 4 aromatic heterocycles. The van der Waals surface area contributed by atoms with Gasteiger partial charge >= 0.3 is 11.9 Å². The molecule has 30 heteroatoms. The minimum atomic E-state index is -4.03. The molecule has 0 radical (unpaired) electrons. The van der Waals surface area contributed by atoms with Crippen LogP contribution in [0.2, 0.25) is 0 Å². The molecule has 6 fully saturated rings. The van der Waals surface area contributed by atoms with Crippen molar-refractivity contribution >= 4 is 88.7 Å². The van der Waals surface area contributed by atoms with Crippen molar-refractivity contribution in [3.63, 3.8) is 0 Å². The summed E-state index contributed by atoms with van der Waals surface area (Å²) in [5.74, 6) is -6.09. The number of rotatable bonds is 22. The predicted octanol–water partition coefficient (Wildman–Crippen LogP) is 15.5. The lowest BCUT2D eigenvalue weighted by Crippen LogP contribution is -2.48. The maximum Gasteiger partial charge on any atom is 0.307 e. The molecule has 2 N–H and O–H groups in total. The summed E-state index contributed by atoms with van der Waals surface area (Å²) in [5, 5.41) is 2.74. The lowest BCUT2D eigenvalue weighted by Gasteiger charge is -2.32. The maximum absolute atomic E-state index is 15.2. The van der Waals surface area contributed by atoms with Crippen molar-refractivity contribution in [2.75, 3.05) is 27.3 Å². The summed E-state index contributed by atoms with van der Waals surface area (Å²) < 4.78 is 151. The van der Waals surface area contributed by atoms with Crippen molar-refractivity contribution in [1.29, 1.82) is 0 Å². The predicted molar refractivity (Wildman–Crippen MR) is 484 cm³/mol. The van der Waals surface area contributed by atoms with Crippen LogP contribution < -0.4 is 37.9 Å². The Balaban J connectivity index is 0.000000227. The molecular formula is C98H128N8O20S2. The van der Waals surface area contributed by atoms with E-state index in [4.69, 9.17) is 56.1 Å². The first-order valence-corrected chi connectivity index (χ1v) is 47.8. The third kappa shape index (κ3) is 22.3. The molecule has 8 aliphatic rings. The molecule has 28 nitrogen and oxygen atoms in total. The number of allylic oxidation sites excluding steroid dienone is 4. The number of sulfonamides is 2. The van der Waals surface area contributed by atoms with Crippen LogP contribution in [0.3, 0.4) is 0 Å². The number of amides is 4. The summed E-state index contributed by atoms with van der Waals surface area (Å²) in [4.78, 5) is 138. The van der Waals surface area contributed by atoms with E-state index in [2.05, 4.69) is 33.3 Å². The van der Waals surface area contributed by atoms with Gasteiger partial charge in [-0.15, -0.1) is 0 Å². The third-order valence-corrected chi connectivity index (χ3v) is 30.8. The fraction of sp³-hybridized carbons (Fsp3) is 0.592. The lowest BCUT2D eigenvalue weighted by molar-refractivity contribution is -0.160. The molecule has 4 amide bonds. The molecule has 0 bridgehead atoms. The molecule has 4 saturated carbocycles. The Morgan fingerprint density at radius 1 is 0.547 bits per heavy atom. The number of nitrogens with one attached hydrogen (secondary N) is 2. The van der Waals surface area contributed by atoms with Gasteiger partial charge in [-0.1, -0.05) is 52.0 Å². The van der Waals surface area contributed by atoms with Gasteiger partial charge in [-0.3, -0.25) is 47.8 Å². The zero-order chi connectivity index (χ0) is 97.7. The number of methoxy groups -OCH3 is 2. The standard InChI is InChI=1S/2C49H64N4O10S/c2*1-29(2)61-42-17-14-32(27-50-42)39-22-33-21-35(60-9)15-16-37(33)44(51-39)62-36-23-40-41(54)26-49(46(57)52-64(58,59)48(8)18-19-48)25-34(49)13-11-10-12-30(3)20-31(4)38(45(56)53(40)28-36)24-43(55)63-47(5,6)7/h2*11,13-17,21-22,27,29-31,34,36,38,40H,10,12,18-20,23-26,28H2,1-9H3,(H,52,57)/b2*13-11-/t30-,31+,34+,36?,38-,40-,49+;30-,31-,34-,36?,38+,40+,49-/m01/s1/i2*5D3. The first-order valence-electron chi connectivity index (χ1n) is 47.8. The van der Waals surface area contributed by atoms with Crippen molar-refractivity contribution in [3.05, 3.63) is 109 Å². The van der Waals surface area contributed by atoms with E-state index in [1.54, 1.807) is 64.7 Å². The van der Waals surface area contributed by atoms with E-state index in [0.717, 1.165) is 23.6 Å². The second-order valence-electron chi connectivity index (χ2n) is 39.1. The fourth-order valence-electron chi connectivity index (χ4n) is 18.3. The summed E-state index contributed by atoms with van der Waals surface area (Å²) in [6.45, 7) is 18.4. The molecule has 0 spiro atoms. The van der Waals surface area contributed by atoms with Crippen LogP contribution in [0.4, 0.5) is 0 Å². The topological polar surface area (TPSA) is 361 Å². The van der Waals surface area contributed by atoms with Gasteiger partial charge in [0.2, 0.25) is 67.2 Å². The summed E-state index contributed by atoms with van der Waals surface area (Å²) in [6.07, 6.45) is 13.7. The van der Waals surface area contributed by atoms with Crippen LogP contribution in [0.5, 0.6) is 35.0 Å². The molecule has 128 heavy (non-hydrogen) atoms. The number of fused-ring (bicyclic) bond motifs is 6. The SMILES string of the molecule is [2H]C([2H])([2H])C(C)(C)OC(=O)C[C@@H]1C(=O)N2CC(Oc3nc(-c4ccc(OC(C)C)nc4)cc4cc(OC)ccc34)C[C@H]2C(=O)C[C@]2(C(=O)NS(=O)(=O)C3(C)CC3)C[C@H]2/C=C\CC[C@@H](C)C[C@H]1C.[2H]C([2H])([2H])C(C)(C)OC(=O)C[C@@H]1C(=O)N2CC(Oc3nc(-c4ccc(OC(C)C)nc4)cc4cc(OC)ccc34)C[C@H]2C(=O)C[C@]2(C(=O)NS(=O)(=O)C3(C)CC3)C[C@H]2/C=C\CC[C@H](C)C[C@H]1C. The molecule has 14 atom stereocenters. The molecule has 2 unspecified atom stereocenters. The largest absolute Gasteiger partial charge is 0.497 e. The van der Waals surface area contributed by atoms with Gasteiger partial charge in [0.15, 0.2) is 11.6 Å². The highest BCUT2D eigenvalue weighted by atomic mass is 32.2. The van der Waals surface area contributed by atoms with Gasteiger partial charge in [0.1, 0.15) is 34.9 Å². The molecule has 2 saturated heterocycles. The van der Waals surface area contributed by atoms with Crippen molar-refractivity contribution in [3.8, 4) is 57.5 Å². The van der Waals surface area contributed by atoms with Gasteiger partial charge in [-0.25, -0.2) is 36.8 Å². The second-order valence-corrected chi connectivity index (χ2v) is 43.5. The van der Waals surface area contributed by atoms with Gasteiger partial charge < -0.3 is 47.7 Å². The average molecular weight is 1810 g/mol. The number of aromatic nitrogens is 4. The summed E-state index contributed by atoms with van der Waals surface area (Å²) >= 11 is 0. The van der Waals surface area contributed by atoms with Crippen LogP contribution in [-0.2, 0) is 67.9 Å². The third-order valence-electron chi connectivity index (χ3n) is 26.4. The van der Waals surface area contributed by atoms with E-state index in [-0.39, 0.29) is 87.4 Å².